The van der Waals surface area contributed by atoms with Crippen LogP contribution in [0.4, 0.5) is 10.1 Å². The fraction of sp³-hybridized carbons (Fsp3) is 0.368. The minimum atomic E-state index is -3.68. The Balaban J connectivity index is 1.69. The molecule has 0 bridgehead atoms. The van der Waals surface area contributed by atoms with E-state index in [0.717, 1.165) is 23.5 Å². The molecule has 0 saturated carbocycles. The number of pyridine rings is 1. The van der Waals surface area contributed by atoms with Crippen molar-refractivity contribution in [3.63, 3.8) is 0 Å². The third kappa shape index (κ3) is 4.26. The minimum absolute atomic E-state index is 0.0541. The predicted octanol–water partition coefficient (Wildman–Crippen LogP) is 2.66. The van der Waals surface area contributed by atoms with Crippen molar-refractivity contribution in [1.82, 2.24) is 9.71 Å². The first-order chi connectivity index (χ1) is 12.8. The molecule has 2 aromatic rings. The maximum absolute atomic E-state index is 13.0. The van der Waals surface area contributed by atoms with E-state index in [1.54, 1.807) is 0 Å². The second kappa shape index (κ2) is 7.62. The number of sulfonamides is 1. The number of benzene rings is 1. The summed E-state index contributed by atoms with van der Waals surface area (Å²) in [4.78, 5) is 6.49. The molecule has 3 rings (SSSR count). The van der Waals surface area contributed by atoms with E-state index in [2.05, 4.69) is 20.7 Å². The van der Waals surface area contributed by atoms with E-state index < -0.39 is 15.8 Å². The monoisotopic (exact) mass is 388 g/mol. The average Bonchev–Trinajstić information content (AvgIpc) is 2.62. The van der Waals surface area contributed by atoms with Crippen LogP contribution in [0.3, 0.4) is 0 Å². The van der Waals surface area contributed by atoms with E-state index >= 15 is 0 Å². The Labute approximate surface area is 158 Å². The molecule has 0 unspecified atom stereocenters. The lowest BCUT2D eigenvalue weighted by atomic mass is 10.0. The van der Waals surface area contributed by atoms with Crippen LogP contribution in [0.25, 0.3) is 0 Å². The first-order valence-electron chi connectivity index (χ1n) is 8.71. The number of rotatable bonds is 4. The van der Waals surface area contributed by atoms with Gasteiger partial charge in [0.2, 0.25) is 10.0 Å². The van der Waals surface area contributed by atoms with Crippen LogP contribution >= 0.6 is 0 Å². The van der Waals surface area contributed by atoms with Crippen LogP contribution in [-0.4, -0.2) is 32.5 Å². The summed E-state index contributed by atoms with van der Waals surface area (Å²) in [5, 5.41) is 9.44. The van der Waals surface area contributed by atoms with Gasteiger partial charge in [-0.1, -0.05) is 0 Å². The maximum atomic E-state index is 13.0. The zero-order valence-electron chi connectivity index (χ0n) is 15.2. The summed E-state index contributed by atoms with van der Waals surface area (Å²) >= 11 is 0. The van der Waals surface area contributed by atoms with Gasteiger partial charge in [0, 0.05) is 24.8 Å². The molecule has 1 aliphatic heterocycles. The summed E-state index contributed by atoms with van der Waals surface area (Å²) in [5.74, 6) is -0.474. The molecule has 6 nitrogen and oxygen atoms in total. The molecule has 0 atom stereocenters. The molecule has 27 heavy (non-hydrogen) atoms. The third-order valence-electron chi connectivity index (χ3n) is 4.70. The normalized spacial score (nSPS) is 15.6. The van der Waals surface area contributed by atoms with Crippen LogP contribution in [0.15, 0.2) is 35.2 Å². The molecule has 1 saturated heterocycles. The molecule has 142 valence electrons. The van der Waals surface area contributed by atoms with Gasteiger partial charge in [0.05, 0.1) is 21.8 Å². The Morgan fingerprint density at radius 1 is 1.22 bits per heavy atom. The van der Waals surface area contributed by atoms with E-state index in [-0.39, 0.29) is 10.9 Å². The number of anilines is 1. The Hall–Kier alpha value is -2.50. The number of aryl methyl sites for hydroxylation is 2. The molecule has 1 aromatic carbocycles. The lowest BCUT2D eigenvalue weighted by Crippen LogP contribution is -2.44. The summed E-state index contributed by atoms with van der Waals surface area (Å²) in [6, 6.07) is 8.70. The van der Waals surface area contributed by atoms with Crippen molar-refractivity contribution >= 4 is 15.7 Å². The largest absolute Gasteiger partial charge is 0.370 e. The fourth-order valence-electron chi connectivity index (χ4n) is 3.34. The molecule has 1 aromatic heterocycles. The number of hydrogen-bond acceptors (Lipinski definition) is 5. The van der Waals surface area contributed by atoms with E-state index in [1.165, 1.54) is 12.1 Å². The number of nitrogens with zero attached hydrogens (tertiary/aromatic N) is 3. The number of nitrogens with one attached hydrogen (secondary N) is 1. The Morgan fingerprint density at radius 3 is 2.44 bits per heavy atom. The highest BCUT2D eigenvalue weighted by molar-refractivity contribution is 7.89. The van der Waals surface area contributed by atoms with Crippen molar-refractivity contribution in [3.05, 3.63) is 53.1 Å². The molecule has 0 amide bonds. The van der Waals surface area contributed by atoms with Crippen molar-refractivity contribution in [2.24, 2.45) is 0 Å². The van der Waals surface area contributed by atoms with Crippen LogP contribution < -0.4 is 9.62 Å². The number of hydrogen-bond donors (Lipinski definition) is 1. The third-order valence-corrected chi connectivity index (χ3v) is 6.24. The first-order valence-corrected chi connectivity index (χ1v) is 10.2. The highest BCUT2D eigenvalue weighted by Gasteiger charge is 2.26. The van der Waals surface area contributed by atoms with Gasteiger partial charge in [0.1, 0.15) is 11.9 Å². The minimum Gasteiger partial charge on any atom is -0.370 e. The number of piperidine rings is 1. The smallest absolute Gasteiger partial charge is 0.240 e. The van der Waals surface area contributed by atoms with Crippen LogP contribution in [0.1, 0.15) is 29.8 Å². The summed E-state index contributed by atoms with van der Waals surface area (Å²) in [6.07, 6.45) is 1.23. The summed E-state index contributed by atoms with van der Waals surface area (Å²) in [6.45, 7) is 4.97. The molecular weight excluding hydrogens is 367 g/mol. The Bertz CT molecular complexity index is 976. The van der Waals surface area contributed by atoms with Gasteiger partial charge in [0.25, 0.3) is 0 Å². The van der Waals surface area contributed by atoms with Gasteiger partial charge in [-0.3, -0.25) is 4.98 Å². The Morgan fingerprint density at radius 2 is 1.85 bits per heavy atom. The van der Waals surface area contributed by atoms with Gasteiger partial charge >= 0.3 is 0 Å². The van der Waals surface area contributed by atoms with Crippen molar-refractivity contribution in [3.8, 4) is 6.07 Å². The van der Waals surface area contributed by atoms with Crippen LogP contribution in [0.2, 0.25) is 0 Å². The van der Waals surface area contributed by atoms with Gasteiger partial charge in [-0.2, -0.15) is 5.26 Å². The molecule has 8 heteroatoms. The topological polar surface area (TPSA) is 86.1 Å². The van der Waals surface area contributed by atoms with Crippen molar-refractivity contribution in [1.29, 1.82) is 5.26 Å². The lowest BCUT2D eigenvalue weighted by molar-refractivity contribution is 0.460. The highest BCUT2D eigenvalue weighted by atomic mass is 32.2. The SMILES string of the molecule is Cc1cc(N2CCC(NS(=O)(=O)c3ccc(F)cc3)CC2)c(C#N)c(C)n1. The van der Waals surface area contributed by atoms with Gasteiger partial charge in [-0.15, -0.1) is 0 Å². The van der Waals surface area contributed by atoms with Crippen molar-refractivity contribution in [2.75, 3.05) is 18.0 Å². The van der Waals surface area contributed by atoms with Crippen molar-refractivity contribution < 1.29 is 12.8 Å². The maximum Gasteiger partial charge on any atom is 0.240 e. The second-order valence-corrected chi connectivity index (χ2v) is 8.41. The average molecular weight is 388 g/mol. The molecule has 1 aliphatic rings. The molecule has 0 spiro atoms. The summed E-state index contributed by atoms with van der Waals surface area (Å²) in [7, 11) is -3.68. The first kappa shape index (κ1) is 19.3. The quantitative estimate of drug-likeness (QED) is 0.870. The van der Waals surface area contributed by atoms with Crippen LogP contribution in [0.5, 0.6) is 0 Å². The zero-order valence-corrected chi connectivity index (χ0v) is 16.1. The fourth-order valence-corrected chi connectivity index (χ4v) is 4.64. The van der Waals surface area contributed by atoms with E-state index in [1.807, 2.05) is 19.9 Å². The molecule has 0 aliphatic carbocycles. The number of nitriles is 1. The summed E-state index contributed by atoms with van der Waals surface area (Å²) in [5.41, 5.74) is 2.96. The van der Waals surface area contributed by atoms with Gasteiger partial charge in [-0.05, 0) is 57.0 Å². The van der Waals surface area contributed by atoms with Gasteiger partial charge < -0.3 is 4.90 Å². The van der Waals surface area contributed by atoms with Gasteiger partial charge in [-0.25, -0.2) is 17.5 Å². The second-order valence-electron chi connectivity index (χ2n) is 6.69. The molecule has 0 radical (unpaired) electrons. The standard InChI is InChI=1S/C19H21FN4O2S/c1-13-11-19(18(12-21)14(2)22-13)24-9-7-16(8-10-24)23-27(25,26)17-5-3-15(20)4-6-17/h3-6,11,16,23H,7-10H2,1-2H3. The van der Waals surface area contributed by atoms with Crippen LogP contribution in [-0.2, 0) is 10.0 Å². The number of halogens is 1. The predicted molar refractivity (Wildman–Crippen MR) is 100 cm³/mol. The number of aromatic nitrogens is 1. The van der Waals surface area contributed by atoms with E-state index in [4.69, 9.17) is 0 Å². The lowest BCUT2D eigenvalue weighted by Gasteiger charge is -2.34. The van der Waals surface area contributed by atoms with Crippen LogP contribution in [0, 0.1) is 31.0 Å². The highest BCUT2D eigenvalue weighted by Crippen LogP contribution is 2.27. The van der Waals surface area contributed by atoms with Gasteiger partial charge in [0.15, 0.2) is 0 Å². The van der Waals surface area contributed by atoms with E-state index in [0.29, 0.717) is 37.2 Å². The molecule has 1 fully saturated rings. The zero-order chi connectivity index (χ0) is 19.6. The Kier molecular flexibility index (Phi) is 5.44. The molecule has 2 heterocycles. The summed E-state index contributed by atoms with van der Waals surface area (Å²) < 4.78 is 40.6. The van der Waals surface area contributed by atoms with Crippen molar-refractivity contribution in [2.45, 2.75) is 37.6 Å². The molecule has 1 N–H and O–H groups in total. The van der Waals surface area contributed by atoms with E-state index in [9.17, 15) is 18.1 Å². The molecular formula is C19H21FN4O2S.